The molecule has 0 bridgehead atoms. The number of ether oxygens (including phenoxy) is 1. The van der Waals surface area contributed by atoms with Crippen LogP contribution in [0, 0.1) is 0 Å². The molecule has 1 saturated heterocycles. The van der Waals surface area contributed by atoms with E-state index in [0.717, 1.165) is 18.7 Å². The number of carbonyl (C=O) groups excluding carboxylic acids is 1. The third kappa shape index (κ3) is 4.10. The molecule has 2 N–H and O–H groups in total. The van der Waals surface area contributed by atoms with E-state index in [-0.39, 0.29) is 12.0 Å². The van der Waals surface area contributed by atoms with Crippen LogP contribution >= 0.6 is 11.6 Å². The normalized spacial score (nSPS) is 18.8. The Hall–Kier alpha value is -1.89. The molecule has 0 radical (unpaired) electrons. The Labute approximate surface area is 139 Å². The fourth-order valence-electron chi connectivity index (χ4n) is 2.50. The van der Waals surface area contributed by atoms with Crippen LogP contribution in [-0.2, 0) is 4.74 Å². The van der Waals surface area contributed by atoms with E-state index in [2.05, 4.69) is 20.4 Å². The molecule has 7 heteroatoms. The van der Waals surface area contributed by atoms with Crippen LogP contribution < -0.4 is 5.32 Å². The van der Waals surface area contributed by atoms with Crippen molar-refractivity contribution in [3.63, 3.8) is 0 Å². The number of morpholine rings is 1. The Kier molecular flexibility index (Phi) is 4.95. The highest BCUT2D eigenvalue weighted by Gasteiger charge is 2.19. The van der Waals surface area contributed by atoms with Crippen molar-refractivity contribution in [1.29, 1.82) is 0 Å². The van der Waals surface area contributed by atoms with Gasteiger partial charge in [0, 0.05) is 30.2 Å². The summed E-state index contributed by atoms with van der Waals surface area (Å²) in [5.74, 6) is -0.186. The summed E-state index contributed by atoms with van der Waals surface area (Å²) in [5.41, 5.74) is 2.04. The van der Waals surface area contributed by atoms with Crippen LogP contribution in [0.1, 0.15) is 10.5 Å². The maximum Gasteiger partial charge on any atom is 0.269 e. The van der Waals surface area contributed by atoms with Crippen LogP contribution in [0.2, 0.25) is 5.02 Å². The first-order valence-corrected chi connectivity index (χ1v) is 7.89. The van der Waals surface area contributed by atoms with E-state index in [1.165, 1.54) is 0 Å². The number of nitrogens with zero attached hydrogens (tertiary/aromatic N) is 2. The van der Waals surface area contributed by atoms with Crippen molar-refractivity contribution in [3.8, 4) is 11.3 Å². The van der Waals surface area contributed by atoms with Crippen LogP contribution in [0.4, 0.5) is 0 Å². The van der Waals surface area contributed by atoms with Gasteiger partial charge in [-0.05, 0) is 25.2 Å². The summed E-state index contributed by atoms with van der Waals surface area (Å²) in [4.78, 5) is 14.4. The molecule has 1 atom stereocenters. The lowest BCUT2D eigenvalue weighted by molar-refractivity contribution is -0.0175. The molecule has 0 aliphatic carbocycles. The molecule has 2 heterocycles. The lowest BCUT2D eigenvalue weighted by Gasteiger charge is -2.29. The van der Waals surface area contributed by atoms with Gasteiger partial charge in [-0.25, -0.2) is 0 Å². The fourth-order valence-corrected chi connectivity index (χ4v) is 2.62. The highest BCUT2D eigenvalue weighted by Crippen LogP contribution is 2.20. The number of halogens is 1. The second kappa shape index (κ2) is 7.12. The predicted octanol–water partition coefficient (Wildman–Crippen LogP) is 1.79. The van der Waals surface area contributed by atoms with Gasteiger partial charge in [-0.15, -0.1) is 0 Å². The van der Waals surface area contributed by atoms with Gasteiger partial charge in [0.15, 0.2) is 0 Å². The molecule has 1 aromatic heterocycles. The zero-order valence-corrected chi connectivity index (χ0v) is 13.6. The van der Waals surface area contributed by atoms with E-state index in [1.54, 1.807) is 18.2 Å². The number of amides is 1. The number of aromatic amines is 1. The van der Waals surface area contributed by atoms with Crippen molar-refractivity contribution in [2.45, 2.75) is 6.10 Å². The van der Waals surface area contributed by atoms with Crippen LogP contribution in [0.25, 0.3) is 11.3 Å². The molecule has 1 amide bonds. The van der Waals surface area contributed by atoms with Crippen LogP contribution in [0.15, 0.2) is 30.3 Å². The molecule has 1 aromatic carbocycles. The Morgan fingerprint density at radius 2 is 2.26 bits per heavy atom. The number of hydrogen-bond acceptors (Lipinski definition) is 4. The molecule has 1 aliphatic rings. The minimum Gasteiger partial charge on any atom is -0.374 e. The zero-order valence-electron chi connectivity index (χ0n) is 12.9. The van der Waals surface area contributed by atoms with E-state index < -0.39 is 0 Å². The van der Waals surface area contributed by atoms with Gasteiger partial charge in [0.1, 0.15) is 5.69 Å². The number of aromatic nitrogens is 2. The van der Waals surface area contributed by atoms with Crippen molar-refractivity contribution in [2.75, 3.05) is 33.3 Å². The SMILES string of the molecule is CN1CCOC(CNC(=O)c2cc(-c3ccc(Cl)cc3)n[nH]2)C1. The van der Waals surface area contributed by atoms with E-state index in [0.29, 0.717) is 29.6 Å². The second-order valence-corrected chi connectivity index (χ2v) is 6.08. The second-order valence-electron chi connectivity index (χ2n) is 5.64. The number of hydrogen-bond donors (Lipinski definition) is 2. The molecule has 0 spiro atoms. The van der Waals surface area contributed by atoms with Crippen molar-refractivity contribution in [1.82, 2.24) is 20.4 Å². The van der Waals surface area contributed by atoms with Gasteiger partial charge in [0.05, 0.1) is 18.4 Å². The quantitative estimate of drug-likeness (QED) is 0.894. The third-order valence-electron chi connectivity index (χ3n) is 3.79. The summed E-state index contributed by atoms with van der Waals surface area (Å²) in [6.07, 6.45) is 0.0244. The first-order chi connectivity index (χ1) is 11.1. The predicted molar refractivity (Wildman–Crippen MR) is 88.6 cm³/mol. The number of likely N-dealkylation sites (N-methyl/N-ethyl adjacent to an activating group) is 1. The van der Waals surface area contributed by atoms with Gasteiger partial charge >= 0.3 is 0 Å². The zero-order chi connectivity index (χ0) is 16.2. The number of H-pyrrole nitrogens is 1. The smallest absolute Gasteiger partial charge is 0.269 e. The first kappa shape index (κ1) is 16.0. The maximum atomic E-state index is 12.2. The molecular formula is C16H19ClN4O2. The summed E-state index contributed by atoms with van der Waals surface area (Å²) in [5, 5.41) is 10.5. The van der Waals surface area contributed by atoms with E-state index in [4.69, 9.17) is 16.3 Å². The Morgan fingerprint density at radius 1 is 1.48 bits per heavy atom. The summed E-state index contributed by atoms with van der Waals surface area (Å²) >= 11 is 5.87. The van der Waals surface area contributed by atoms with Gasteiger partial charge in [-0.1, -0.05) is 23.7 Å². The highest BCUT2D eigenvalue weighted by molar-refractivity contribution is 6.30. The molecule has 6 nitrogen and oxygen atoms in total. The summed E-state index contributed by atoms with van der Waals surface area (Å²) in [6.45, 7) is 2.93. The van der Waals surface area contributed by atoms with E-state index >= 15 is 0 Å². The Bertz CT molecular complexity index is 671. The topological polar surface area (TPSA) is 70.2 Å². The summed E-state index contributed by atoms with van der Waals surface area (Å²) in [6, 6.07) is 9.05. The van der Waals surface area contributed by atoms with E-state index in [9.17, 15) is 4.79 Å². The largest absolute Gasteiger partial charge is 0.374 e. The maximum absolute atomic E-state index is 12.2. The minimum absolute atomic E-state index is 0.0244. The average molecular weight is 335 g/mol. The number of benzene rings is 1. The van der Waals surface area contributed by atoms with Crippen LogP contribution in [-0.4, -0.2) is 60.4 Å². The summed E-state index contributed by atoms with van der Waals surface area (Å²) in [7, 11) is 2.05. The lowest BCUT2D eigenvalue weighted by atomic mass is 10.1. The molecule has 1 aliphatic heterocycles. The van der Waals surface area contributed by atoms with Crippen molar-refractivity contribution in [2.24, 2.45) is 0 Å². The van der Waals surface area contributed by atoms with Crippen molar-refractivity contribution < 1.29 is 9.53 Å². The fraction of sp³-hybridized carbons (Fsp3) is 0.375. The molecule has 1 unspecified atom stereocenters. The van der Waals surface area contributed by atoms with Gasteiger partial charge in [0.2, 0.25) is 0 Å². The van der Waals surface area contributed by atoms with Gasteiger partial charge in [0.25, 0.3) is 5.91 Å². The van der Waals surface area contributed by atoms with Crippen LogP contribution in [0.3, 0.4) is 0 Å². The molecule has 1 fully saturated rings. The van der Waals surface area contributed by atoms with E-state index in [1.807, 2.05) is 19.2 Å². The highest BCUT2D eigenvalue weighted by atomic mass is 35.5. The van der Waals surface area contributed by atoms with Crippen molar-refractivity contribution in [3.05, 3.63) is 41.0 Å². The molecular weight excluding hydrogens is 316 g/mol. The Balaban J connectivity index is 1.59. The van der Waals surface area contributed by atoms with Gasteiger partial charge < -0.3 is 15.0 Å². The lowest BCUT2D eigenvalue weighted by Crippen LogP contribution is -2.45. The molecule has 3 rings (SSSR count). The standard InChI is InChI=1S/C16H19ClN4O2/c1-21-6-7-23-13(10-21)9-18-16(22)15-8-14(19-20-15)11-2-4-12(17)5-3-11/h2-5,8,13H,6-7,9-10H2,1H3,(H,18,22)(H,19,20). The first-order valence-electron chi connectivity index (χ1n) is 7.51. The number of nitrogens with one attached hydrogen (secondary N) is 2. The molecule has 122 valence electrons. The Morgan fingerprint density at radius 3 is 3.00 bits per heavy atom. The average Bonchev–Trinajstić information content (AvgIpc) is 3.03. The number of carbonyl (C=O) groups is 1. The summed E-state index contributed by atoms with van der Waals surface area (Å²) < 4.78 is 5.63. The van der Waals surface area contributed by atoms with Gasteiger partial charge in [-0.2, -0.15) is 5.10 Å². The minimum atomic E-state index is -0.186. The molecule has 2 aromatic rings. The van der Waals surface area contributed by atoms with Gasteiger partial charge in [-0.3, -0.25) is 9.89 Å². The molecule has 0 saturated carbocycles. The monoisotopic (exact) mass is 334 g/mol. The molecule has 23 heavy (non-hydrogen) atoms. The number of rotatable bonds is 4. The van der Waals surface area contributed by atoms with Crippen LogP contribution in [0.5, 0.6) is 0 Å². The van der Waals surface area contributed by atoms with Crippen molar-refractivity contribution >= 4 is 17.5 Å². The third-order valence-corrected chi connectivity index (χ3v) is 4.05.